The van der Waals surface area contributed by atoms with Crippen LogP contribution in [0.2, 0.25) is 0 Å². The number of hydrogen-bond donors (Lipinski definition) is 4. The zero-order valence-electron chi connectivity index (χ0n) is 27.1. The molecule has 0 aliphatic carbocycles. The molecule has 5 heterocycles. The fourth-order valence-electron chi connectivity index (χ4n) is 6.91. The van der Waals surface area contributed by atoms with Crippen LogP contribution in [0.4, 0.5) is 14.6 Å². The number of nitrogens with one attached hydrogen (secondary N) is 2. The van der Waals surface area contributed by atoms with Crippen LogP contribution in [0.5, 0.6) is 0 Å². The lowest BCUT2D eigenvalue weighted by Crippen LogP contribution is -2.61. The highest BCUT2D eigenvalue weighted by Crippen LogP contribution is 2.59. The number of likely N-dealkylation sites (tertiary alicyclic amines) is 1. The molecule has 3 aliphatic rings. The summed E-state index contributed by atoms with van der Waals surface area (Å²) in [6.07, 6.45) is 3.75. The van der Waals surface area contributed by atoms with Gasteiger partial charge in [0.25, 0.3) is 5.91 Å². The molecule has 0 saturated carbocycles. The number of rotatable bonds is 7. The van der Waals surface area contributed by atoms with Gasteiger partial charge in [0, 0.05) is 68.6 Å². The smallest absolute Gasteiger partial charge is 0.340 e. The number of amides is 5. The Hall–Kier alpha value is -4.25. The molecule has 3 saturated heterocycles. The molecule has 6 rings (SSSR count). The Kier molecular flexibility index (Phi) is 9.58. The van der Waals surface area contributed by atoms with Gasteiger partial charge in [-0.3, -0.25) is 33.2 Å². The highest BCUT2D eigenvalue weighted by Gasteiger charge is 2.51. The van der Waals surface area contributed by atoms with E-state index in [-0.39, 0.29) is 46.6 Å². The van der Waals surface area contributed by atoms with Gasteiger partial charge in [-0.25, -0.2) is 0 Å². The second-order valence-corrected chi connectivity index (χ2v) is 15.5. The third-order valence-electron chi connectivity index (χ3n) is 9.44. The predicted molar refractivity (Wildman–Crippen MR) is 176 cm³/mol. The second kappa shape index (κ2) is 13.5. The predicted octanol–water partition coefficient (Wildman–Crippen LogP) is 2.47. The molecule has 5 amide bonds. The first-order valence-corrected chi connectivity index (χ1v) is 18.4. The number of nitrogens with zero attached hydrogens (tertiary/aromatic N) is 5. The van der Waals surface area contributed by atoms with Crippen LogP contribution in [0.25, 0.3) is 10.1 Å². The molecule has 4 N–H and O–H groups in total. The molecule has 4 atom stereocenters. The van der Waals surface area contributed by atoms with Crippen molar-refractivity contribution < 1.29 is 47.1 Å². The Morgan fingerprint density at radius 1 is 0.980 bits per heavy atom. The van der Waals surface area contributed by atoms with Crippen LogP contribution >= 0.6 is 18.9 Å². The average molecular weight is 736 g/mol. The first-order valence-electron chi connectivity index (χ1n) is 16.0. The third kappa shape index (κ3) is 6.89. The summed E-state index contributed by atoms with van der Waals surface area (Å²) in [6.45, 7) is 3.70. The summed E-state index contributed by atoms with van der Waals surface area (Å²) in [5.41, 5.74) is -5.34. The minimum Gasteiger partial charge on any atom is -0.340 e. The summed E-state index contributed by atoms with van der Waals surface area (Å²) in [4.78, 5) is 88.7. The van der Waals surface area contributed by atoms with E-state index in [1.165, 1.54) is 30.9 Å². The highest BCUT2D eigenvalue weighted by molar-refractivity contribution is 7.52. The minimum absolute atomic E-state index is 0.0508. The molecule has 3 aromatic rings. The molecule has 268 valence electrons. The van der Waals surface area contributed by atoms with Crippen LogP contribution < -0.4 is 10.6 Å². The van der Waals surface area contributed by atoms with Crippen LogP contribution in [-0.2, 0) is 29.4 Å². The number of carbonyl (C=O) groups is 5. The van der Waals surface area contributed by atoms with Crippen molar-refractivity contribution in [3.05, 3.63) is 47.0 Å². The van der Waals surface area contributed by atoms with Gasteiger partial charge in [0.15, 0.2) is 5.82 Å². The Labute approximate surface area is 288 Å². The minimum atomic E-state index is -5.81. The molecule has 3 fully saturated rings. The lowest BCUT2D eigenvalue weighted by Gasteiger charge is -2.39. The zero-order chi connectivity index (χ0) is 36.1. The molecule has 50 heavy (non-hydrogen) atoms. The molecule has 2 unspecified atom stereocenters. The van der Waals surface area contributed by atoms with Gasteiger partial charge in [0.2, 0.25) is 23.6 Å². The fourth-order valence-corrected chi connectivity index (χ4v) is 8.33. The van der Waals surface area contributed by atoms with Crippen molar-refractivity contribution in [2.45, 2.75) is 69.4 Å². The van der Waals surface area contributed by atoms with E-state index in [0.29, 0.717) is 55.8 Å². The van der Waals surface area contributed by atoms with Crippen molar-refractivity contribution >= 4 is 64.4 Å². The number of alkyl halides is 2. The summed E-state index contributed by atoms with van der Waals surface area (Å²) in [6, 6.07) is 3.52. The van der Waals surface area contributed by atoms with Gasteiger partial charge in [-0.2, -0.15) is 13.9 Å². The van der Waals surface area contributed by atoms with E-state index in [0.717, 1.165) is 23.5 Å². The summed E-state index contributed by atoms with van der Waals surface area (Å²) in [5, 5.41) is 9.87. The lowest BCUT2D eigenvalue weighted by molar-refractivity contribution is -0.148. The Morgan fingerprint density at radius 3 is 2.40 bits per heavy atom. The van der Waals surface area contributed by atoms with Crippen LogP contribution in [0.1, 0.15) is 60.8 Å². The molecular weight excluding hydrogens is 699 g/mol. The van der Waals surface area contributed by atoms with E-state index in [2.05, 4.69) is 15.7 Å². The van der Waals surface area contributed by atoms with E-state index in [1.807, 2.05) is 0 Å². The summed E-state index contributed by atoms with van der Waals surface area (Å²) < 4.78 is 42.2. The van der Waals surface area contributed by atoms with Crippen molar-refractivity contribution in [2.24, 2.45) is 0 Å². The Bertz CT molecular complexity index is 1910. The normalized spacial score (nSPS) is 23.1. The van der Waals surface area contributed by atoms with E-state index >= 15 is 0 Å². The fraction of sp³-hybridized carbons (Fsp3) is 0.484. The number of thiophene rings is 1. The van der Waals surface area contributed by atoms with E-state index < -0.39 is 42.7 Å². The van der Waals surface area contributed by atoms with E-state index in [1.54, 1.807) is 26.7 Å². The van der Waals surface area contributed by atoms with Crippen molar-refractivity contribution in [2.75, 3.05) is 31.5 Å². The number of carbonyl (C=O) groups excluding carboxylic acids is 5. The molecular formula is C31H36F2N7O8PS. The maximum atomic E-state index is 14.4. The number of fused-ring (bicyclic) bond motifs is 2. The second-order valence-electron chi connectivity index (χ2n) is 12.8. The maximum absolute atomic E-state index is 14.4. The molecule has 0 bridgehead atoms. The Balaban J connectivity index is 1.20. The van der Waals surface area contributed by atoms with Gasteiger partial charge in [-0.15, -0.1) is 11.3 Å². The maximum Gasteiger partial charge on any atom is 0.399 e. The number of benzene rings is 1. The standard InChI is InChI=1S/C31H36F2N7O8PS/c1-17(41)34-27-9-12-39(36-27)22-8-11-38(15-22)30(45)24-5-4-21-7-10-37(18(2)42)16-23(29(44)40(21)24)35-28(43)26-14-19-13-20(3-6-25(19)50-26)31(32,33)49(46,47)48/h3,6,9,12-14,21-24H,4-5,7-8,10-11,15-16H2,1-2H3,(H,35,43)(H,34,36,41)(H2,46,47,48)/t21-,22?,23?,24+/m1/s1. The van der Waals surface area contributed by atoms with Gasteiger partial charge in [0.05, 0.1) is 10.9 Å². The summed E-state index contributed by atoms with van der Waals surface area (Å²) >= 11 is 0.938. The van der Waals surface area contributed by atoms with Crippen LogP contribution in [-0.4, -0.2) is 108 Å². The third-order valence-corrected chi connectivity index (χ3v) is 11.5. The average Bonchev–Trinajstić information content (AvgIpc) is 3.85. The van der Waals surface area contributed by atoms with Gasteiger partial charge in [-0.1, -0.05) is 6.07 Å². The van der Waals surface area contributed by atoms with Crippen molar-refractivity contribution in [3.63, 3.8) is 0 Å². The van der Waals surface area contributed by atoms with Crippen molar-refractivity contribution in [1.29, 1.82) is 0 Å². The summed E-state index contributed by atoms with van der Waals surface area (Å²) in [7, 11) is -5.81. The SMILES string of the molecule is CC(=O)Nc1ccn(C2CCN(C(=O)[C@@H]3CC[C@@H]4CCN(C(C)=O)CC(NC(=O)c5cc6cc(C(F)(F)P(=O)(O)O)ccc6s5)C(=O)N43)C2)n1. The van der Waals surface area contributed by atoms with E-state index in [9.17, 15) is 37.3 Å². The molecule has 0 radical (unpaired) electrons. The Morgan fingerprint density at radius 2 is 1.70 bits per heavy atom. The van der Waals surface area contributed by atoms with Gasteiger partial charge >= 0.3 is 13.3 Å². The van der Waals surface area contributed by atoms with Gasteiger partial charge in [0.1, 0.15) is 12.1 Å². The van der Waals surface area contributed by atoms with Crippen molar-refractivity contribution in [3.8, 4) is 0 Å². The zero-order valence-corrected chi connectivity index (χ0v) is 28.8. The largest absolute Gasteiger partial charge is 0.399 e. The molecule has 15 nitrogen and oxygen atoms in total. The number of aromatic nitrogens is 2. The van der Waals surface area contributed by atoms with Gasteiger partial charge < -0.3 is 35.1 Å². The first-order chi connectivity index (χ1) is 23.5. The topological polar surface area (TPSA) is 194 Å². The molecule has 0 spiro atoms. The van der Waals surface area contributed by atoms with Gasteiger partial charge in [-0.05, 0) is 49.3 Å². The number of anilines is 1. The molecule has 1 aromatic carbocycles. The summed E-state index contributed by atoms with van der Waals surface area (Å²) in [5.74, 6) is -1.59. The first kappa shape index (κ1) is 35.6. The highest BCUT2D eigenvalue weighted by atomic mass is 32.1. The van der Waals surface area contributed by atoms with Crippen LogP contribution in [0, 0.1) is 0 Å². The quantitative estimate of drug-likeness (QED) is 0.264. The number of halogens is 2. The van der Waals surface area contributed by atoms with Crippen molar-refractivity contribution in [1.82, 2.24) is 29.8 Å². The lowest BCUT2D eigenvalue weighted by atomic mass is 10.1. The molecule has 3 aliphatic heterocycles. The van der Waals surface area contributed by atoms with E-state index in [4.69, 9.17) is 9.79 Å². The van der Waals surface area contributed by atoms with Crippen LogP contribution in [0.15, 0.2) is 36.5 Å². The monoisotopic (exact) mass is 735 g/mol. The molecule has 19 heteroatoms. The number of hydrogen-bond acceptors (Lipinski definition) is 8. The molecule has 2 aromatic heterocycles. The van der Waals surface area contributed by atoms with Crippen LogP contribution in [0.3, 0.4) is 0 Å².